The van der Waals surface area contributed by atoms with Crippen molar-refractivity contribution in [3.8, 4) is 5.75 Å². The lowest BCUT2D eigenvalue weighted by molar-refractivity contribution is -0.129. The van der Waals surface area contributed by atoms with Crippen LogP contribution >= 0.6 is 11.6 Å². The number of rotatable bonds is 5. The number of ether oxygens (including phenoxy) is 2. The van der Waals surface area contributed by atoms with Gasteiger partial charge in [-0.2, -0.15) is 0 Å². The molecular weight excluding hydrogens is 708 g/mol. The third-order valence-electron chi connectivity index (χ3n) is 13.6. The van der Waals surface area contributed by atoms with E-state index in [4.69, 9.17) is 21.1 Å². The van der Waals surface area contributed by atoms with E-state index in [9.17, 15) is 13.2 Å². The number of nitrogens with zero attached hydrogens (tertiary/aromatic N) is 3. The number of halogens is 1. The summed E-state index contributed by atoms with van der Waals surface area (Å²) in [5, 5.41) is -0.0273. The van der Waals surface area contributed by atoms with Gasteiger partial charge >= 0.3 is 0 Å². The number of hydrogen-bond donors (Lipinski definition) is 1. The van der Waals surface area contributed by atoms with Crippen LogP contribution in [-0.4, -0.2) is 101 Å². The summed E-state index contributed by atoms with van der Waals surface area (Å²) in [7, 11) is -2.09. The van der Waals surface area contributed by atoms with E-state index in [1.165, 1.54) is 11.1 Å². The molecule has 2 aliphatic carbocycles. The number of anilines is 1. The number of allylic oxidation sites excluding steroid dienone is 1. The van der Waals surface area contributed by atoms with Crippen molar-refractivity contribution in [1.82, 2.24) is 14.5 Å². The maximum absolute atomic E-state index is 13.7. The van der Waals surface area contributed by atoms with E-state index in [-0.39, 0.29) is 22.7 Å². The first kappa shape index (κ1) is 38.6. The minimum atomic E-state index is -3.96. The van der Waals surface area contributed by atoms with Crippen LogP contribution in [0.3, 0.4) is 0 Å². The van der Waals surface area contributed by atoms with Crippen LogP contribution in [-0.2, 0) is 26.6 Å². The molecule has 1 amide bonds. The van der Waals surface area contributed by atoms with Gasteiger partial charge in [0, 0.05) is 68.9 Å². The molecule has 11 heteroatoms. The highest BCUT2D eigenvalue weighted by Crippen LogP contribution is 2.56. The quantitative estimate of drug-likeness (QED) is 0.337. The molecule has 3 aliphatic heterocycles. The van der Waals surface area contributed by atoms with E-state index in [1.54, 1.807) is 13.0 Å². The fraction of sp³-hybridized carbons (Fsp3) is 0.643. The van der Waals surface area contributed by atoms with Gasteiger partial charge in [-0.05, 0) is 117 Å². The molecule has 53 heavy (non-hydrogen) atoms. The van der Waals surface area contributed by atoms with Crippen molar-refractivity contribution >= 4 is 33.2 Å². The number of aryl methyl sites for hydroxylation is 1. The Labute approximate surface area is 322 Å². The summed E-state index contributed by atoms with van der Waals surface area (Å²) in [5.41, 5.74) is 2.76. The van der Waals surface area contributed by atoms with Gasteiger partial charge in [0.2, 0.25) is 10.0 Å². The SMILES string of the molecule is CCCN1CCN(C[C@@]2(OC)/C=C/C[C@H](C)[C@@H](C)S(=O)(=O)NC(=O)c3ccc4c(c3)N(CC3(C)CC[C@H]32)C[C@@]2(CCCc3cc(Cl)ccc32)CO4)CC1. The molecule has 290 valence electrons. The fourth-order valence-electron chi connectivity index (χ4n) is 10.1. The van der Waals surface area contributed by atoms with E-state index in [1.807, 2.05) is 32.2 Å². The minimum absolute atomic E-state index is 0.109. The van der Waals surface area contributed by atoms with Gasteiger partial charge in [0.1, 0.15) is 11.4 Å². The maximum Gasteiger partial charge on any atom is 0.264 e. The van der Waals surface area contributed by atoms with Crippen molar-refractivity contribution in [2.75, 3.05) is 71.0 Å². The Morgan fingerprint density at radius 3 is 2.53 bits per heavy atom. The first-order chi connectivity index (χ1) is 25.3. The van der Waals surface area contributed by atoms with Gasteiger partial charge in [-0.15, -0.1) is 0 Å². The van der Waals surface area contributed by atoms with Gasteiger partial charge < -0.3 is 19.3 Å². The van der Waals surface area contributed by atoms with E-state index in [2.05, 4.69) is 57.6 Å². The number of piperazine rings is 1. The summed E-state index contributed by atoms with van der Waals surface area (Å²) in [5.74, 6) is 0.107. The molecule has 5 aliphatic rings. The summed E-state index contributed by atoms with van der Waals surface area (Å²) in [4.78, 5) is 21.3. The molecule has 1 N–H and O–H groups in total. The van der Waals surface area contributed by atoms with Gasteiger partial charge in [0.15, 0.2) is 0 Å². The van der Waals surface area contributed by atoms with Gasteiger partial charge in [0.05, 0.1) is 17.5 Å². The standard InChI is InChI=1S/C42H59ClN4O5S/c1-6-19-45-20-22-46(23-21-45)28-42(51-5)17-7-9-30(2)31(3)53(49,50)44-39(48)33-11-14-37-36(25-33)47(26-40(4)18-15-38(40)42)27-41(29-52-37)16-8-10-32-24-34(43)12-13-35(32)41/h7,11-14,17,24-25,30-31,38H,6,8-10,15-16,18-23,26-29H2,1-5H3,(H,44,48)/b17-7+/t30-,31+,38+,40?,41-,42-/m0/s1. The molecule has 1 saturated carbocycles. The molecule has 2 aromatic rings. The molecular formula is C42H59ClN4O5S. The number of methoxy groups -OCH3 is 1. The van der Waals surface area contributed by atoms with E-state index >= 15 is 0 Å². The Balaban J connectivity index is 1.31. The van der Waals surface area contributed by atoms with Crippen LogP contribution in [0.1, 0.15) is 87.7 Å². The second kappa shape index (κ2) is 15.1. The molecule has 2 aromatic carbocycles. The smallest absolute Gasteiger partial charge is 0.264 e. The third-order valence-corrected chi connectivity index (χ3v) is 15.7. The first-order valence-electron chi connectivity index (χ1n) is 19.8. The predicted molar refractivity (Wildman–Crippen MR) is 213 cm³/mol. The molecule has 1 spiro atoms. The average Bonchev–Trinajstić information content (AvgIpc) is 3.27. The Bertz CT molecular complexity index is 1810. The number of benzene rings is 2. The van der Waals surface area contributed by atoms with Crippen molar-refractivity contribution in [2.24, 2.45) is 17.3 Å². The zero-order valence-electron chi connectivity index (χ0n) is 32.3. The Hall–Kier alpha value is -2.63. The highest BCUT2D eigenvalue weighted by atomic mass is 35.5. The first-order valence-corrected chi connectivity index (χ1v) is 21.8. The highest BCUT2D eigenvalue weighted by molar-refractivity contribution is 7.90. The second-order valence-electron chi connectivity index (χ2n) is 17.1. The van der Waals surface area contributed by atoms with Crippen LogP contribution in [0.5, 0.6) is 5.75 Å². The monoisotopic (exact) mass is 766 g/mol. The van der Waals surface area contributed by atoms with Crippen molar-refractivity contribution in [1.29, 1.82) is 0 Å². The molecule has 1 unspecified atom stereocenters. The van der Waals surface area contributed by atoms with Gasteiger partial charge in [-0.25, -0.2) is 13.1 Å². The zero-order chi connectivity index (χ0) is 37.6. The van der Waals surface area contributed by atoms with Crippen LogP contribution in [0.4, 0.5) is 5.69 Å². The summed E-state index contributed by atoms with van der Waals surface area (Å²) < 4.78 is 43.2. The largest absolute Gasteiger partial charge is 0.490 e. The molecule has 0 aromatic heterocycles. The fourth-order valence-corrected chi connectivity index (χ4v) is 11.6. The molecule has 2 fully saturated rings. The molecule has 6 atom stereocenters. The summed E-state index contributed by atoms with van der Waals surface area (Å²) in [6, 6.07) is 11.7. The zero-order valence-corrected chi connectivity index (χ0v) is 33.9. The van der Waals surface area contributed by atoms with Crippen molar-refractivity contribution in [3.05, 3.63) is 70.3 Å². The summed E-state index contributed by atoms with van der Waals surface area (Å²) in [6.45, 7) is 16.3. The van der Waals surface area contributed by atoms with Gasteiger partial charge in [-0.3, -0.25) is 9.69 Å². The number of sulfonamides is 1. The number of fused-ring (bicyclic) bond motifs is 4. The summed E-state index contributed by atoms with van der Waals surface area (Å²) >= 11 is 6.52. The van der Waals surface area contributed by atoms with Crippen LogP contribution < -0.4 is 14.4 Å². The molecule has 2 bridgehead atoms. The minimum Gasteiger partial charge on any atom is -0.490 e. The Morgan fingerprint density at radius 2 is 1.81 bits per heavy atom. The number of carbonyl (C=O) groups is 1. The molecule has 0 radical (unpaired) electrons. The second-order valence-corrected chi connectivity index (χ2v) is 19.6. The lowest BCUT2D eigenvalue weighted by atomic mass is 9.54. The van der Waals surface area contributed by atoms with Gasteiger partial charge in [0.25, 0.3) is 5.91 Å². The van der Waals surface area contributed by atoms with E-state index in [0.717, 1.165) is 95.0 Å². The lowest BCUT2D eigenvalue weighted by Crippen LogP contribution is -2.62. The van der Waals surface area contributed by atoms with Gasteiger partial charge in [-0.1, -0.05) is 50.6 Å². The number of amides is 1. The highest BCUT2D eigenvalue weighted by Gasteiger charge is 2.56. The van der Waals surface area contributed by atoms with Crippen LogP contribution in [0.2, 0.25) is 5.02 Å². The van der Waals surface area contributed by atoms with Crippen molar-refractivity contribution in [3.63, 3.8) is 0 Å². The lowest BCUT2D eigenvalue weighted by Gasteiger charge is -2.58. The maximum atomic E-state index is 13.7. The van der Waals surface area contributed by atoms with Crippen molar-refractivity contribution < 1.29 is 22.7 Å². The topological polar surface area (TPSA) is 91.4 Å². The predicted octanol–water partition coefficient (Wildman–Crippen LogP) is 6.69. The van der Waals surface area contributed by atoms with E-state index in [0.29, 0.717) is 30.9 Å². The molecule has 1 saturated heterocycles. The number of hydrogen-bond acceptors (Lipinski definition) is 8. The Kier molecular flexibility index (Phi) is 11.0. The third kappa shape index (κ3) is 7.52. The molecule has 9 nitrogen and oxygen atoms in total. The van der Waals surface area contributed by atoms with E-state index < -0.39 is 26.8 Å². The van der Waals surface area contributed by atoms with Crippen molar-refractivity contribution in [2.45, 2.75) is 88.9 Å². The normalized spacial score (nSPS) is 34.2. The van der Waals surface area contributed by atoms with Crippen LogP contribution in [0.25, 0.3) is 0 Å². The Morgan fingerprint density at radius 1 is 1.04 bits per heavy atom. The van der Waals surface area contributed by atoms with Crippen LogP contribution in [0.15, 0.2) is 48.6 Å². The summed E-state index contributed by atoms with van der Waals surface area (Å²) in [6.07, 6.45) is 11.2. The number of carbonyl (C=O) groups excluding carboxylic acids is 1. The number of nitrogens with one attached hydrogen (secondary N) is 1. The molecule has 7 rings (SSSR count). The average molecular weight is 767 g/mol. The van der Waals surface area contributed by atoms with Crippen LogP contribution in [0, 0.1) is 17.3 Å². The molecule has 3 heterocycles.